The Hall–Kier alpha value is -5.41. The van der Waals surface area contributed by atoms with Gasteiger partial charge in [-0.15, -0.1) is 0 Å². The lowest BCUT2D eigenvalue weighted by Crippen LogP contribution is -2.31. The Bertz CT molecular complexity index is 1870. The van der Waals surface area contributed by atoms with E-state index in [0.29, 0.717) is 36.1 Å². The number of hydrogen-bond donors (Lipinski definition) is 4. The molecule has 0 saturated heterocycles. The van der Waals surface area contributed by atoms with Crippen LogP contribution >= 0.6 is 0 Å². The van der Waals surface area contributed by atoms with E-state index in [-0.39, 0.29) is 16.8 Å². The Labute approximate surface area is 250 Å². The Balaban J connectivity index is 1.36. The molecule has 0 bridgehead atoms. The minimum absolute atomic E-state index is 0.0654. The molecule has 5 rings (SSSR count). The summed E-state index contributed by atoms with van der Waals surface area (Å²) < 4.78 is 68.2. The number of carbonyl (C=O) groups excluding carboxylic acids is 3. The van der Waals surface area contributed by atoms with Crippen LogP contribution in [0.2, 0.25) is 0 Å². The summed E-state index contributed by atoms with van der Waals surface area (Å²) >= 11 is 0. The molecule has 234 valence electrons. The molecule has 1 atom stereocenters. The second kappa shape index (κ2) is 11.9. The molecule has 11 nitrogen and oxygen atoms in total. The monoisotopic (exact) mass is 630 g/mol. The first-order valence-electron chi connectivity index (χ1n) is 13.4. The lowest BCUT2D eigenvalue weighted by molar-refractivity contribution is -0.140. The van der Waals surface area contributed by atoms with E-state index in [1.807, 2.05) is 0 Å². The van der Waals surface area contributed by atoms with Crippen LogP contribution < -0.4 is 16.0 Å². The molecule has 45 heavy (non-hydrogen) atoms. The van der Waals surface area contributed by atoms with Crippen molar-refractivity contribution in [1.82, 2.24) is 30.5 Å². The van der Waals surface area contributed by atoms with Gasteiger partial charge in [0, 0.05) is 18.2 Å². The summed E-state index contributed by atoms with van der Waals surface area (Å²) in [5.41, 5.74) is -0.292. The first-order valence-corrected chi connectivity index (χ1v) is 13.4. The van der Waals surface area contributed by atoms with Crippen LogP contribution in [0.3, 0.4) is 0 Å². The van der Waals surface area contributed by atoms with Crippen molar-refractivity contribution < 1.29 is 46.2 Å². The largest absolute Gasteiger partial charge is 0.480 e. The molecule has 0 aliphatic heterocycles. The quantitative estimate of drug-likeness (QED) is 0.217. The number of aromatic nitrogens is 3. The molecule has 1 aliphatic carbocycles. The minimum Gasteiger partial charge on any atom is -0.480 e. The fourth-order valence-corrected chi connectivity index (χ4v) is 5.15. The van der Waals surface area contributed by atoms with Crippen molar-refractivity contribution in [3.05, 3.63) is 99.0 Å². The molecule has 1 aliphatic rings. The van der Waals surface area contributed by atoms with E-state index in [4.69, 9.17) is 5.11 Å². The van der Waals surface area contributed by atoms with Crippen molar-refractivity contribution in [3.63, 3.8) is 0 Å². The average Bonchev–Trinajstić information content (AvgIpc) is 3.57. The van der Waals surface area contributed by atoms with Crippen molar-refractivity contribution in [3.8, 4) is 0 Å². The van der Waals surface area contributed by atoms with Crippen molar-refractivity contribution in [2.24, 2.45) is 0 Å². The highest BCUT2D eigenvalue weighted by Gasteiger charge is 2.34. The number of nitrogens with zero attached hydrogens (tertiary/aromatic N) is 3. The molecule has 16 heteroatoms. The standard InChI is InChI=1S/C29H23F5N6O5/c1-13-15-5-7-21(17(15)4-3-16(13)26(43)36-12-24(41)42)39-28(45)23-9-22(38-25-20(31)11-37-40(23)25)27(44)35-10-14-2-6-19(30)18(8-14)29(32,33)34/h2-4,6,8-9,11,21H,5,7,10,12H2,1H3,(H,35,44)(H,36,43)(H,39,45)(H,41,42)/t21-/m0/s1. The van der Waals surface area contributed by atoms with Gasteiger partial charge in [-0.2, -0.15) is 18.3 Å². The normalized spacial score (nSPS) is 14.2. The van der Waals surface area contributed by atoms with Crippen LogP contribution in [0.1, 0.15) is 71.6 Å². The predicted octanol–water partition coefficient (Wildman–Crippen LogP) is 3.50. The zero-order chi connectivity index (χ0) is 32.6. The molecule has 0 spiro atoms. The number of nitrogens with one attached hydrogen (secondary N) is 3. The van der Waals surface area contributed by atoms with E-state index in [1.165, 1.54) is 6.07 Å². The van der Waals surface area contributed by atoms with Gasteiger partial charge in [0.1, 0.15) is 23.7 Å². The fraction of sp³-hybridized carbons (Fsp3) is 0.241. The molecule has 0 saturated carbocycles. The molecule has 0 fully saturated rings. The highest BCUT2D eigenvalue weighted by molar-refractivity contribution is 5.99. The van der Waals surface area contributed by atoms with Gasteiger partial charge in [-0.25, -0.2) is 18.3 Å². The van der Waals surface area contributed by atoms with Crippen LogP contribution in [-0.4, -0.2) is 49.9 Å². The maximum Gasteiger partial charge on any atom is 0.419 e. The highest BCUT2D eigenvalue weighted by atomic mass is 19.4. The van der Waals surface area contributed by atoms with Crippen molar-refractivity contribution in [2.75, 3.05) is 6.54 Å². The Morgan fingerprint density at radius 3 is 2.47 bits per heavy atom. The van der Waals surface area contributed by atoms with E-state index in [0.717, 1.165) is 28.4 Å². The van der Waals surface area contributed by atoms with Gasteiger partial charge in [0.15, 0.2) is 11.5 Å². The van der Waals surface area contributed by atoms with Gasteiger partial charge < -0.3 is 21.1 Å². The molecule has 2 heterocycles. The lowest BCUT2D eigenvalue weighted by Gasteiger charge is -2.17. The number of amides is 3. The topological polar surface area (TPSA) is 155 Å². The van der Waals surface area contributed by atoms with Crippen LogP contribution in [0.5, 0.6) is 0 Å². The molecule has 0 unspecified atom stereocenters. The zero-order valence-electron chi connectivity index (χ0n) is 23.3. The van der Waals surface area contributed by atoms with E-state index in [9.17, 15) is 41.1 Å². The number of halogens is 5. The van der Waals surface area contributed by atoms with Crippen molar-refractivity contribution >= 4 is 29.3 Å². The second-order valence-corrected chi connectivity index (χ2v) is 10.2. The smallest absolute Gasteiger partial charge is 0.419 e. The fourth-order valence-electron chi connectivity index (χ4n) is 5.15. The average molecular weight is 631 g/mol. The van der Waals surface area contributed by atoms with Crippen LogP contribution in [0, 0.1) is 18.6 Å². The summed E-state index contributed by atoms with van der Waals surface area (Å²) in [6, 6.07) is 5.90. The molecule has 2 aromatic carbocycles. The molecular formula is C29H23F5N6O5. The van der Waals surface area contributed by atoms with E-state index in [1.54, 1.807) is 13.0 Å². The van der Waals surface area contributed by atoms with Crippen LogP contribution in [-0.2, 0) is 23.9 Å². The van der Waals surface area contributed by atoms with Gasteiger partial charge in [-0.3, -0.25) is 19.2 Å². The van der Waals surface area contributed by atoms with Gasteiger partial charge >= 0.3 is 12.1 Å². The first kappa shape index (κ1) is 31.0. The number of aliphatic carboxylic acids is 1. The second-order valence-electron chi connectivity index (χ2n) is 10.2. The number of carboxylic acid groups (broad SMARTS) is 1. The summed E-state index contributed by atoms with van der Waals surface area (Å²) in [6.07, 6.45) is -3.23. The van der Waals surface area contributed by atoms with E-state index < -0.39 is 77.5 Å². The summed E-state index contributed by atoms with van der Waals surface area (Å²) in [7, 11) is 0. The number of carboxylic acids is 1. The lowest BCUT2D eigenvalue weighted by atomic mass is 9.97. The Morgan fingerprint density at radius 2 is 1.76 bits per heavy atom. The third-order valence-corrected chi connectivity index (χ3v) is 7.33. The maximum absolute atomic E-state index is 14.5. The SMILES string of the molecule is Cc1c(C(=O)NCC(=O)O)ccc2c1CC[C@@H]2NC(=O)c1cc(C(=O)NCc2ccc(F)c(C(F)(F)F)c2)nc2c(F)cnn12. The summed E-state index contributed by atoms with van der Waals surface area (Å²) in [5.74, 6) is -5.86. The van der Waals surface area contributed by atoms with Crippen molar-refractivity contribution in [2.45, 2.75) is 38.5 Å². The first-order chi connectivity index (χ1) is 21.2. The van der Waals surface area contributed by atoms with Crippen LogP contribution in [0.25, 0.3) is 5.65 Å². The summed E-state index contributed by atoms with van der Waals surface area (Å²) in [6.45, 7) is 0.707. The predicted molar refractivity (Wildman–Crippen MR) is 145 cm³/mol. The molecule has 3 amide bonds. The molecule has 0 radical (unpaired) electrons. The summed E-state index contributed by atoms with van der Waals surface area (Å²) in [5, 5.41) is 20.1. The van der Waals surface area contributed by atoms with Crippen LogP contribution in [0.15, 0.2) is 42.6 Å². The number of alkyl halides is 3. The van der Waals surface area contributed by atoms with Gasteiger partial charge in [0.2, 0.25) is 0 Å². The van der Waals surface area contributed by atoms with Gasteiger partial charge in [0.25, 0.3) is 17.7 Å². The van der Waals surface area contributed by atoms with Crippen LogP contribution in [0.4, 0.5) is 22.0 Å². The number of rotatable bonds is 8. The maximum atomic E-state index is 14.5. The Kier molecular flexibility index (Phi) is 8.23. The van der Waals surface area contributed by atoms with E-state index >= 15 is 0 Å². The van der Waals surface area contributed by atoms with Crippen molar-refractivity contribution in [1.29, 1.82) is 0 Å². The van der Waals surface area contributed by atoms with Gasteiger partial charge in [-0.1, -0.05) is 12.1 Å². The molecule has 4 N–H and O–H groups in total. The Morgan fingerprint density at radius 1 is 1.00 bits per heavy atom. The summed E-state index contributed by atoms with van der Waals surface area (Å²) in [4.78, 5) is 53.5. The third-order valence-electron chi connectivity index (χ3n) is 7.33. The molecule has 2 aromatic heterocycles. The van der Waals surface area contributed by atoms with Gasteiger partial charge in [0.05, 0.1) is 17.8 Å². The third kappa shape index (κ3) is 6.30. The number of benzene rings is 2. The van der Waals surface area contributed by atoms with E-state index in [2.05, 4.69) is 26.0 Å². The number of fused-ring (bicyclic) bond motifs is 2. The zero-order valence-corrected chi connectivity index (χ0v) is 23.3. The van der Waals surface area contributed by atoms with Gasteiger partial charge in [-0.05, 0) is 60.2 Å². The highest BCUT2D eigenvalue weighted by Crippen LogP contribution is 2.35. The molecule has 4 aromatic rings. The minimum atomic E-state index is -4.95. The number of carbonyl (C=O) groups is 4. The number of hydrogen-bond acceptors (Lipinski definition) is 6. The molecular weight excluding hydrogens is 607 g/mol.